The summed E-state index contributed by atoms with van der Waals surface area (Å²) in [7, 11) is 0. The van der Waals surface area contributed by atoms with Crippen molar-refractivity contribution in [3.05, 3.63) is 66.1 Å². The normalized spacial score (nSPS) is 20.6. The van der Waals surface area contributed by atoms with Crippen molar-refractivity contribution in [1.29, 1.82) is 0 Å². The van der Waals surface area contributed by atoms with Crippen LogP contribution in [-0.4, -0.2) is 54.0 Å². The molecule has 4 aromatic rings. The highest BCUT2D eigenvalue weighted by Gasteiger charge is 2.45. The molecule has 0 aliphatic carbocycles. The van der Waals surface area contributed by atoms with E-state index in [4.69, 9.17) is 10.7 Å². The van der Waals surface area contributed by atoms with Gasteiger partial charge in [0.2, 0.25) is 5.78 Å². The van der Waals surface area contributed by atoms with Crippen molar-refractivity contribution in [2.75, 3.05) is 5.73 Å². The summed E-state index contributed by atoms with van der Waals surface area (Å²) in [4.78, 5) is 48.5. The van der Waals surface area contributed by atoms with Crippen LogP contribution >= 0.6 is 0 Å². The second kappa shape index (κ2) is 9.16. The molecule has 0 spiro atoms. The molecule has 38 heavy (non-hydrogen) atoms. The summed E-state index contributed by atoms with van der Waals surface area (Å²) < 4.78 is 1.52. The van der Waals surface area contributed by atoms with Crippen molar-refractivity contribution >= 4 is 28.9 Å². The van der Waals surface area contributed by atoms with E-state index in [0.29, 0.717) is 29.7 Å². The summed E-state index contributed by atoms with van der Waals surface area (Å²) >= 11 is 0. The van der Waals surface area contributed by atoms with Crippen LogP contribution in [0.4, 0.5) is 5.82 Å². The van der Waals surface area contributed by atoms with Gasteiger partial charge in [-0.3, -0.25) is 19.4 Å². The Morgan fingerprint density at radius 1 is 0.921 bits per heavy atom. The molecule has 2 aliphatic rings. The average Bonchev–Trinajstić information content (AvgIpc) is 3.46. The van der Waals surface area contributed by atoms with Gasteiger partial charge in [0.25, 0.3) is 5.91 Å². The van der Waals surface area contributed by atoms with E-state index in [0.717, 1.165) is 35.2 Å². The molecule has 0 saturated carbocycles. The van der Waals surface area contributed by atoms with Crippen molar-refractivity contribution < 1.29 is 14.4 Å². The zero-order valence-electron chi connectivity index (χ0n) is 21.3. The maximum absolute atomic E-state index is 12.8. The highest BCUT2D eigenvalue weighted by molar-refractivity contribution is 6.35. The Morgan fingerprint density at radius 2 is 1.63 bits per heavy atom. The van der Waals surface area contributed by atoms with E-state index in [1.165, 1.54) is 18.4 Å². The quantitative estimate of drug-likeness (QED) is 0.318. The van der Waals surface area contributed by atoms with Crippen LogP contribution in [0, 0.1) is 0 Å². The van der Waals surface area contributed by atoms with Crippen LogP contribution in [0.1, 0.15) is 61.5 Å². The minimum atomic E-state index is -0.440. The molecule has 0 unspecified atom stereocenters. The number of piperidine rings is 1. The van der Waals surface area contributed by atoms with Crippen LogP contribution in [0.5, 0.6) is 0 Å². The van der Waals surface area contributed by atoms with Gasteiger partial charge in [-0.2, -0.15) is 9.61 Å². The number of nitrogen functional groups attached to an aromatic ring is 1. The predicted octanol–water partition coefficient (Wildman–Crippen LogP) is 4.07. The van der Waals surface area contributed by atoms with E-state index in [9.17, 15) is 14.4 Å². The van der Waals surface area contributed by atoms with Crippen molar-refractivity contribution in [1.82, 2.24) is 24.5 Å². The Bertz CT molecular complexity index is 1560. The fourth-order valence-corrected chi connectivity index (χ4v) is 6.14. The molecule has 192 valence electrons. The van der Waals surface area contributed by atoms with Crippen molar-refractivity contribution in [2.24, 2.45) is 0 Å². The zero-order valence-corrected chi connectivity index (χ0v) is 21.3. The molecule has 1 aromatic carbocycles. The standard InChI is InChI=1S/C29H28N6O3/c1-16(36)25-26(20-12-21-9-10-22(13-20)34(21)29(38)17(2)37)33-28-23(15-32-35(28)27(25)30)19-8-11-24(31-14-19)18-6-4-3-5-7-18/h3-8,11,14-15,20-22H,9-10,12-13,30H2,1-2H3/t21-,22-/m1/s1. The lowest BCUT2D eigenvalue weighted by Gasteiger charge is -2.38. The number of nitrogens with zero attached hydrogens (tertiary/aromatic N) is 5. The molecule has 2 atom stereocenters. The summed E-state index contributed by atoms with van der Waals surface area (Å²) in [6.45, 7) is 2.81. The Labute approximate surface area is 219 Å². The summed E-state index contributed by atoms with van der Waals surface area (Å²) in [6.07, 6.45) is 6.44. The highest BCUT2D eigenvalue weighted by atomic mass is 16.2. The number of hydrogen-bond donors (Lipinski definition) is 1. The Balaban J connectivity index is 1.40. The lowest BCUT2D eigenvalue weighted by atomic mass is 9.85. The molecule has 2 N–H and O–H groups in total. The zero-order chi connectivity index (χ0) is 26.6. The van der Waals surface area contributed by atoms with Crippen LogP contribution in [0.3, 0.4) is 0 Å². The van der Waals surface area contributed by atoms with Gasteiger partial charge in [0.15, 0.2) is 11.4 Å². The number of carbonyl (C=O) groups is 3. The van der Waals surface area contributed by atoms with Crippen LogP contribution in [0.25, 0.3) is 28.0 Å². The van der Waals surface area contributed by atoms with Gasteiger partial charge in [0.1, 0.15) is 5.82 Å². The topological polar surface area (TPSA) is 124 Å². The fourth-order valence-electron chi connectivity index (χ4n) is 6.14. The monoisotopic (exact) mass is 508 g/mol. The van der Waals surface area contributed by atoms with Crippen LogP contribution < -0.4 is 5.73 Å². The van der Waals surface area contributed by atoms with E-state index >= 15 is 0 Å². The first-order valence-electron chi connectivity index (χ1n) is 12.9. The number of anilines is 1. The molecule has 9 heteroatoms. The molecule has 2 fully saturated rings. The van der Waals surface area contributed by atoms with Crippen molar-refractivity contribution in [3.63, 3.8) is 0 Å². The third-order valence-electron chi connectivity index (χ3n) is 7.86. The molecule has 0 radical (unpaired) electrons. The maximum atomic E-state index is 12.8. The first-order valence-corrected chi connectivity index (χ1v) is 12.9. The van der Waals surface area contributed by atoms with Gasteiger partial charge < -0.3 is 10.6 Å². The van der Waals surface area contributed by atoms with E-state index in [2.05, 4.69) is 10.1 Å². The number of benzene rings is 1. The lowest BCUT2D eigenvalue weighted by Crippen LogP contribution is -2.48. The molecule has 6 rings (SSSR count). The Hall–Kier alpha value is -4.40. The first kappa shape index (κ1) is 24.0. The second-order valence-electron chi connectivity index (χ2n) is 10.2. The molecular weight excluding hydrogens is 480 g/mol. The van der Waals surface area contributed by atoms with Gasteiger partial charge in [-0.15, -0.1) is 0 Å². The summed E-state index contributed by atoms with van der Waals surface area (Å²) in [5.41, 5.74) is 11.6. The largest absolute Gasteiger partial charge is 0.383 e. The first-order chi connectivity index (χ1) is 18.3. The van der Waals surface area contributed by atoms with Gasteiger partial charge >= 0.3 is 0 Å². The maximum Gasteiger partial charge on any atom is 0.290 e. The van der Waals surface area contributed by atoms with Crippen molar-refractivity contribution in [2.45, 2.75) is 57.5 Å². The third kappa shape index (κ3) is 3.86. The Morgan fingerprint density at radius 3 is 2.24 bits per heavy atom. The van der Waals surface area contributed by atoms with E-state index < -0.39 is 11.7 Å². The summed E-state index contributed by atoms with van der Waals surface area (Å²) in [5, 5.41) is 4.46. The van der Waals surface area contributed by atoms with Gasteiger partial charge in [0.05, 0.1) is 23.1 Å². The number of pyridine rings is 1. The molecule has 2 aliphatic heterocycles. The number of aromatic nitrogens is 4. The van der Waals surface area contributed by atoms with Gasteiger partial charge in [-0.1, -0.05) is 36.4 Å². The minimum absolute atomic E-state index is 0.0479. The molecule has 1 amide bonds. The smallest absolute Gasteiger partial charge is 0.290 e. The van der Waals surface area contributed by atoms with E-state index in [1.54, 1.807) is 17.3 Å². The molecule has 2 saturated heterocycles. The Kier molecular flexibility index (Phi) is 5.78. The van der Waals surface area contributed by atoms with E-state index in [1.807, 2.05) is 42.5 Å². The van der Waals surface area contributed by atoms with E-state index in [-0.39, 0.29) is 29.6 Å². The number of ketones is 2. The second-order valence-corrected chi connectivity index (χ2v) is 10.2. The average molecular weight is 509 g/mol. The molecule has 2 bridgehead atoms. The number of carbonyl (C=O) groups excluding carboxylic acids is 3. The molecular formula is C29H28N6O3. The number of nitrogens with two attached hydrogens (primary N) is 1. The number of Topliss-reactive ketones (excluding diaryl/α,β-unsaturated/α-hetero) is 2. The summed E-state index contributed by atoms with van der Waals surface area (Å²) in [6, 6.07) is 13.8. The van der Waals surface area contributed by atoms with Crippen LogP contribution in [0.15, 0.2) is 54.9 Å². The summed E-state index contributed by atoms with van der Waals surface area (Å²) in [5.74, 6) is -0.838. The van der Waals surface area contributed by atoms with Gasteiger partial charge in [0, 0.05) is 47.8 Å². The minimum Gasteiger partial charge on any atom is -0.383 e. The number of fused-ring (bicyclic) bond motifs is 3. The van der Waals surface area contributed by atoms with Gasteiger partial charge in [-0.25, -0.2) is 4.98 Å². The predicted molar refractivity (Wildman–Crippen MR) is 142 cm³/mol. The molecule has 3 aromatic heterocycles. The molecule has 5 heterocycles. The van der Waals surface area contributed by atoms with Crippen LogP contribution in [0.2, 0.25) is 0 Å². The lowest BCUT2D eigenvalue weighted by molar-refractivity contribution is -0.146. The highest BCUT2D eigenvalue weighted by Crippen LogP contribution is 2.44. The SMILES string of the molecule is CC(=O)C(=O)N1[C@@H]2CC[C@@H]1CC(c1nc3c(-c4ccc(-c5ccccc5)nc4)cnn3c(N)c1C(C)=O)C2. The molecule has 9 nitrogen and oxygen atoms in total. The number of amides is 1. The van der Waals surface area contributed by atoms with Gasteiger partial charge in [-0.05, 0) is 38.7 Å². The number of rotatable bonds is 5. The fraction of sp³-hybridized carbons (Fsp3) is 0.310. The van der Waals surface area contributed by atoms with Crippen molar-refractivity contribution in [3.8, 4) is 22.4 Å². The van der Waals surface area contributed by atoms with Crippen LogP contribution in [-0.2, 0) is 9.59 Å². The number of hydrogen-bond acceptors (Lipinski definition) is 7. The third-order valence-corrected chi connectivity index (χ3v) is 7.86.